The molecule has 5 heteroatoms. The highest BCUT2D eigenvalue weighted by Gasteiger charge is 2.30. The Bertz CT molecular complexity index is 397. The summed E-state index contributed by atoms with van der Waals surface area (Å²) in [5, 5.41) is 6.84. The molecule has 1 atom stereocenters. The maximum Gasteiger partial charge on any atom is 0.524 e. The fourth-order valence-electron chi connectivity index (χ4n) is 2.12. The van der Waals surface area contributed by atoms with E-state index in [-0.39, 0.29) is 11.9 Å². The van der Waals surface area contributed by atoms with Crippen LogP contribution in [0, 0.1) is 5.41 Å². The molecule has 1 N–H and O–H groups in total. The zero-order chi connectivity index (χ0) is 12.1. The molecule has 0 aromatic heterocycles. The molecular formula is C12H14BN2O2. The van der Waals surface area contributed by atoms with Crippen LogP contribution in [0.1, 0.15) is 30.9 Å². The predicted octanol–water partition coefficient (Wildman–Crippen LogP) is 1.90. The number of hydrogen-bond acceptors (Lipinski definition) is 3. The van der Waals surface area contributed by atoms with Crippen LogP contribution in [0.4, 0.5) is 0 Å². The number of carbonyl (C=O) groups excluding carboxylic acids is 1. The van der Waals surface area contributed by atoms with Gasteiger partial charge in [0, 0.05) is 12.5 Å². The van der Waals surface area contributed by atoms with Crippen molar-refractivity contribution in [2.75, 3.05) is 0 Å². The van der Waals surface area contributed by atoms with Gasteiger partial charge >= 0.3 is 7.62 Å². The van der Waals surface area contributed by atoms with Gasteiger partial charge in [0.15, 0.2) is 0 Å². The van der Waals surface area contributed by atoms with Crippen LogP contribution < -0.4 is 0 Å². The second kappa shape index (κ2) is 5.52. The van der Waals surface area contributed by atoms with Crippen LogP contribution in [0.3, 0.4) is 0 Å². The molecule has 0 bridgehead atoms. The molecular weight excluding hydrogens is 215 g/mol. The molecule has 2 rings (SSSR count). The highest BCUT2D eigenvalue weighted by molar-refractivity contribution is 6.31. The van der Waals surface area contributed by atoms with Gasteiger partial charge in [-0.25, -0.2) is 0 Å². The zero-order valence-electron chi connectivity index (χ0n) is 9.50. The van der Waals surface area contributed by atoms with Crippen LogP contribution in [0.25, 0.3) is 0 Å². The second-order valence-corrected chi connectivity index (χ2v) is 3.98. The van der Waals surface area contributed by atoms with Crippen molar-refractivity contribution in [2.24, 2.45) is 0 Å². The largest absolute Gasteiger partial charge is 0.535 e. The molecule has 17 heavy (non-hydrogen) atoms. The van der Waals surface area contributed by atoms with Crippen molar-refractivity contribution in [1.29, 1.82) is 5.41 Å². The minimum absolute atomic E-state index is 0.0254. The molecule has 1 aromatic carbocycles. The molecule has 4 nitrogen and oxygen atoms in total. The van der Waals surface area contributed by atoms with Crippen molar-refractivity contribution in [1.82, 2.24) is 4.81 Å². The van der Waals surface area contributed by atoms with Gasteiger partial charge in [0.25, 0.3) is 0 Å². The van der Waals surface area contributed by atoms with Crippen molar-refractivity contribution < 1.29 is 9.45 Å². The summed E-state index contributed by atoms with van der Waals surface area (Å²) < 4.78 is 4.82. The summed E-state index contributed by atoms with van der Waals surface area (Å²) >= 11 is 0. The third kappa shape index (κ3) is 2.67. The monoisotopic (exact) mass is 229 g/mol. The summed E-state index contributed by atoms with van der Waals surface area (Å²) in [7, 11) is 1.34. The molecule has 1 heterocycles. The van der Waals surface area contributed by atoms with Gasteiger partial charge in [0.1, 0.15) is 6.40 Å². The number of nitrogens with zero attached hydrogens (tertiary/aromatic N) is 1. The molecule has 1 aromatic rings. The fraction of sp³-hybridized carbons (Fsp3) is 0.333. The highest BCUT2D eigenvalue weighted by Crippen LogP contribution is 2.30. The van der Waals surface area contributed by atoms with Crippen LogP contribution in [-0.4, -0.2) is 24.7 Å². The van der Waals surface area contributed by atoms with E-state index < -0.39 is 0 Å². The standard InChI is InChI=1S/C12H14BN2O2/c14-9-17-13-15-11(7-4-8-12(15)16)10-5-2-1-3-6-10/h1-3,5-6,9,11,14H,4,7-8H2. The maximum absolute atomic E-state index is 11.8. The Morgan fingerprint density at radius 3 is 2.88 bits per heavy atom. The molecule has 1 radical (unpaired) electrons. The lowest BCUT2D eigenvalue weighted by Crippen LogP contribution is -2.41. The lowest BCUT2D eigenvalue weighted by atomic mass is 9.90. The van der Waals surface area contributed by atoms with Gasteiger partial charge < -0.3 is 9.47 Å². The number of piperidine rings is 1. The van der Waals surface area contributed by atoms with E-state index in [1.807, 2.05) is 30.3 Å². The summed E-state index contributed by atoms with van der Waals surface area (Å²) in [5.74, 6) is 0.0481. The second-order valence-electron chi connectivity index (χ2n) is 3.98. The smallest absolute Gasteiger partial charge is 0.524 e. The van der Waals surface area contributed by atoms with Crippen molar-refractivity contribution in [2.45, 2.75) is 25.3 Å². The normalized spacial score (nSPS) is 19.9. The maximum atomic E-state index is 11.8. The average molecular weight is 229 g/mol. The Morgan fingerprint density at radius 2 is 2.18 bits per heavy atom. The van der Waals surface area contributed by atoms with Crippen molar-refractivity contribution in [3.8, 4) is 0 Å². The van der Waals surface area contributed by atoms with Crippen LogP contribution in [0.5, 0.6) is 0 Å². The average Bonchev–Trinajstić information content (AvgIpc) is 2.38. The van der Waals surface area contributed by atoms with Crippen molar-refractivity contribution in [3.05, 3.63) is 35.9 Å². The highest BCUT2D eigenvalue weighted by atomic mass is 16.4. The van der Waals surface area contributed by atoms with Gasteiger partial charge in [-0.3, -0.25) is 10.2 Å². The van der Waals surface area contributed by atoms with E-state index in [0.717, 1.165) is 24.8 Å². The van der Waals surface area contributed by atoms with E-state index in [2.05, 4.69) is 0 Å². The summed E-state index contributed by atoms with van der Waals surface area (Å²) in [6.45, 7) is 0. The van der Waals surface area contributed by atoms with E-state index in [4.69, 9.17) is 10.1 Å². The Labute approximate surface area is 101 Å². The van der Waals surface area contributed by atoms with Crippen LogP contribution >= 0.6 is 0 Å². The van der Waals surface area contributed by atoms with E-state index in [1.165, 1.54) is 7.62 Å². The van der Waals surface area contributed by atoms with Gasteiger partial charge in [-0.1, -0.05) is 30.3 Å². The van der Waals surface area contributed by atoms with Gasteiger partial charge in [-0.2, -0.15) is 0 Å². The first-order valence-electron chi connectivity index (χ1n) is 5.67. The molecule has 1 saturated heterocycles. The van der Waals surface area contributed by atoms with Crippen LogP contribution in [0.15, 0.2) is 30.3 Å². The quantitative estimate of drug-likeness (QED) is 0.487. The summed E-state index contributed by atoms with van der Waals surface area (Å²) in [6.07, 6.45) is 3.19. The Hall–Kier alpha value is -1.78. The number of nitrogens with one attached hydrogen (secondary N) is 1. The first kappa shape index (κ1) is 11.7. The first-order valence-corrected chi connectivity index (χ1v) is 5.67. The third-order valence-electron chi connectivity index (χ3n) is 2.92. The van der Waals surface area contributed by atoms with E-state index in [1.54, 1.807) is 4.81 Å². The van der Waals surface area contributed by atoms with Crippen molar-refractivity contribution >= 4 is 19.9 Å². The predicted molar refractivity (Wildman–Crippen MR) is 65.5 cm³/mol. The number of hydrogen-bond donors (Lipinski definition) is 1. The minimum atomic E-state index is 0.0254. The summed E-state index contributed by atoms with van der Waals surface area (Å²) in [6, 6.07) is 9.92. The van der Waals surface area contributed by atoms with Crippen molar-refractivity contribution in [3.63, 3.8) is 0 Å². The number of carbonyl (C=O) groups is 1. The van der Waals surface area contributed by atoms with Crippen LogP contribution in [0.2, 0.25) is 0 Å². The number of benzene rings is 1. The molecule has 0 saturated carbocycles. The number of rotatable bonds is 4. The molecule has 87 valence electrons. The van der Waals surface area contributed by atoms with E-state index in [0.29, 0.717) is 6.42 Å². The van der Waals surface area contributed by atoms with Gasteiger partial charge in [0.05, 0.1) is 0 Å². The molecule has 1 unspecified atom stereocenters. The molecule has 1 amide bonds. The topological polar surface area (TPSA) is 53.4 Å². The Morgan fingerprint density at radius 1 is 1.41 bits per heavy atom. The summed E-state index contributed by atoms with van der Waals surface area (Å²) in [5.41, 5.74) is 1.10. The Balaban J connectivity index is 2.17. The fourth-order valence-corrected chi connectivity index (χ4v) is 2.12. The summed E-state index contributed by atoms with van der Waals surface area (Å²) in [4.78, 5) is 13.4. The molecule has 1 aliphatic heterocycles. The lowest BCUT2D eigenvalue weighted by molar-refractivity contribution is -0.131. The van der Waals surface area contributed by atoms with E-state index >= 15 is 0 Å². The third-order valence-corrected chi connectivity index (χ3v) is 2.92. The molecule has 1 aliphatic rings. The van der Waals surface area contributed by atoms with Gasteiger partial charge in [0.2, 0.25) is 5.91 Å². The molecule has 0 aliphatic carbocycles. The van der Waals surface area contributed by atoms with Gasteiger partial charge in [-0.15, -0.1) is 0 Å². The molecule has 1 fully saturated rings. The zero-order valence-corrected chi connectivity index (χ0v) is 9.50. The lowest BCUT2D eigenvalue weighted by Gasteiger charge is -2.34. The SMILES string of the molecule is N=CO[B]N1C(=O)CCCC1c1ccccc1. The molecule has 0 spiro atoms. The minimum Gasteiger partial charge on any atom is -0.535 e. The Kier molecular flexibility index (Phi) is 3.80. The van der Waals surface area contributed by atoms with E-state index in [9.17, 15) is 4.79 Å². The van der Waals surface area contributed by atoms with Crippen LogP contribution in [-0.2, 0) is 9.45 Å². The number of amides is 1. The van der Waals surface area contributed by atoms with Gasteiger partial charge in [-0.05, 0) is 18.4 Å². The first-order chi connectivity index (χ1) is 8.33.